The van der Waals surface area contributed by atoms with Crippen LogP contribution in [0.1, 0.15) is 0 Å². The van der Waals surface area contributed by atoms with Crippen molar-refractivity contribution in [2.75, 3.05) is 43.4 Å². The van der Waals surface area contributed by atoms with Crippen LogP contribution < -0.4 is 4.90 Å². The van der Waals surface area contributed by atoms with Gasteiger partial charge in [0.05, 0.1) is 4.92 Å². The largest absolute Gasteiger partial charge is 0.354 e. The van der Waals surface area contributed by atoms with Gasteiger partial charge in [0.15, 0.2) is 0 Å². The van der Waals surface area contributed by atoms with Crippen molar-refractivity contribution in [3.63, 3.8) is 0 Å². The molecule has 0 bridgehead atoms. The second-order valence-corrected chi connectivity index (χ2v) is 6.78. The molecule has 7 heteroatoms. The highest BCUT2D eigenvalue weighted by molar-refractivity contribution is 7.99. The Kier molecular flexibility index (Phi) is 5.66. The van der Waals surface area contributed by atoms with E-state index in [1.165, 1.54) is 0 Å². The molecule has 2 aromatic rings. The van der Waals surface area contributed by atoms with Crippen molar-refractivity contribution >= 4 is 23.3 Å². The predicted molar refractivity (Wildman–Crippen MR) is 96.7 cm³/mol. The molecule has 0 unspecified atom stereocenters. The number of nitrogens with zero attached hydrogens (tertiary/aromatic N) is 4. The molecule has 0 N–H and O–H groups in total. The van der Waals surface area contributed by atoms with Gasteiger partial charge in [-0.15, -0.1) is 11.8 Å². The van der Waals surface area contributed by atoms with Crippen molar-refractivity contribution in [2.45, 2.75) is 4.90 Å². The van der Waals surface area contributed by atoms with Crippen molar-refractivity contribution in [1.29, 1.82) is 0 Å². The number of benzene rings is 1. The number of hydrogen-bond donors (Lipinski definition) is 0. The molecule has 1 saturated heterocycles. The van der Waals surface area contributed by atoms with E-state index in [2.05, 4.69) is 20.9 Å². The van der Waals surface area contributed by atoms with Crippen molar-refractivity contribution in [3.05, 3.63) is 58.8 Å². The number of non-ortho nitro benzene ring substituents is 1. The molecule has 1 aliphatic rings. The van der Waals surface area contributed by atoms with Crippen LogP contribution in [0.25, 0.3) is 0 Å². The van der Waals surface area contributed by atoms with Crippen LogP contribution >= 0.6 is 11.8 Å². The summed E-state index contributed by atoms with van der Waals surface area (Å²) in [4.78, 5) is 20.5. The lowest BCUT2D eigenvalue weighted by molar-refractivity contribution is -0.384. The summed E-state index contributed by atoms with van der Waals surface area (Å²) in [6, 6.07) is 12.8. The van der Waals surface area contributed by atoms with Gasteiger partial charge in [0.2, 0.25) is 0 Å². The Labute approximate surface area is 145 Å². The second-order valence-electron chi connectivity index (χ2n) is 5.62. The average molecular weight is 344 g/mol. The molecule has 126 valence electrons. The Morgan fingerprint density at radius 3 is 2.46 bits per heavy atom. The fourth-order valence-corrected chi connectivity index (χ4v) is 3.61. The maximum Gasteiger partial charge on any atom is 0.269 e. The maximum atomic E-state index is 10.6. The van der Waals surface area contributed by atoms with Gasteiger partial charge < -0.3 is 4.90 Å². The lowest BCUT2D eigenvalue weighted by atomic mass is 10.3. The summed E-state index contributed by atoms with van der Waals surface area (Å²) in [5.74, 6) is 2.04. The van der Waals surface area contributed by atoms with Crippen LogP contribution in [0.3, 0.4) is 0 Å². The molecule has 1 aromatic carbocycles. The molecule has 3 rings (SSSR count). The normalized spacial score (nSPS) is 15.4. The smallest absolute Gasteiger partial charge is 0.269 e. The second kappa shape index (κ2) is 8.12. The number of anilines is 1. The van der Waals surface area contributed by atoms with Crippen LogP contribution in [-0.4, -0.2) is 53.3 Å². The van der Waals surface area contributed by atoms with E-state index in [0.29, 0.717) is 0 Å². The molecule has 6 nitrogen and oxygen atoms in total. The zero-order chi connectivity index (χ0) is 16.8. The Balaban J connectivity index is 1.40. The summed E-state index contributed by atoms with van der Waals surface area (Å²) in [6.45, 7) is 5.10. The van der Waals surface area contributed by atoms with Gasteiger partial charge in [-0.2, -0.15) is 0 Å². The third-order valence-electron chi connectivity index (χ3n) is 4.07. The van der Waals surface area contributed by atoms with Gasteiger partial charge in [0.1, 0.15) is 5.82 Å². The molecule has 0 aliphatic carbocycles. The van der Waals surface area contributed by atoms with Crippen LogP contribution in [0.15, 0.2) is 53.6 Å². The molecule has 0 atom stereocenters. The predicted octanol–water partition coefficient (Wildman–Crippen LogP) is 2.90. The van der Waals surface area contributed by atoms with Crippen LogP contribution in [0, 0.1) is 10.1 Å². The highest BCUT2D eigenvalue weighted by Gasteiger charge is 2.17. The molecule has 0 amide bonds. The Morgan fingerprint density at radius 2 is 1.83 bits per heavy atom. The highest BCUT2D eigenvalue weighted by Crippen LogP contribution is 2.21. The van der Waals surface area contributed by atoms with E-state index >= 15 is 0 Å². The lowest BCUT2D eigenvalue weighted by Crippen LogP contribution is -2.47. The minimum Gasteiger partial charge on any atom is -0.354 e. The Morgan fingerprint density at radius 1 is 1.08 bits per heavy atom. The van der Waals surface area contributed by atoms with Crippen molar-refractivity contribution in [2.24, 2.45) is 0 Å². The number of nitro benzene ring substituents is 1. The molecule has 0 radical (unpaired) electrons. The van der Waals surface area contributed by atoms with Crippen LogP contribution in [0.4, 0.5) is 11.5 Å². The van der Waals surface area contributed by atoms with E-state index < -0.39 is 0 Å². The number of piperazine rings is 1. The van der Waals surface area contributed by atoms with Gasteiger partial charge in [-0.05, 0) is 24.3 Å². The van der Waals surface area contributed by atoms with Gasteiger partial charge in [-0.25, -0.2) is 4.98 Å². The third-order valence-corrected chi connectivity index (χ3v) is 5.06. The zero-order valence-corrected chi connectivity index (χ0v) is 14.2. The molecule has 24 heavy (non-hydrogen) atoms. The van der Waals surface area contributed by atoms with E-state index in [-0.39, 0.29) is 10.6 Å². The van der Waals surface area contributed by atoms with E-state index in [0.717, 1.165) is 49.2 Å². The molecule has 0 spiro atoms. The van der Waals surface area contributed by atoms with Crippen LogP contribution in [-0.2, 0) is 0 Å². The van der Waals surface area contributed by atoms with Crippen molar-refractivity contribution in [1.82, 2.24) is 9.88 Å². The van der Waals surface area contributed by atoms with Gasteiger partial charge in [0.25, 0.3) is 5.69 Å². The Bertz CT molecular complexity index is 658. The summed E-state index contributed by atoms with van der Waals surface area (Å²) < 4.78 is 0. The van der Waals surface area contributed by atoms with Gasteiger partial charge in [-0.3, -0.25) is 15.0 Å². The third kappa shape index (κ3) is 4.46. The zero-order valence-electron chi connectivity index (χ0n) is 13.4. The molecule has 0 saturated carbocycles. The molecule has 1 fully saturated rings. The van der Waals surface area contributed by atoms with E-state index in [4.69, 9.17) is 0 Å². The number of pyridine rings is 1. The number of aromatic nitrogens is 1. The summed E-state index contributed by atoms with van der Waals surface area (Å²) in [5.41, 5.74) is 0.144. The highest BCUT2D eigenvalue weighted by atomic mass is 32.2. The lowest BCUT2D eigenvalue weighted by Gasteiger charge is -2.35. The van der Waals surface area contributed by atoms with Gasteiger partial charge in [-0.1, -0.05) is 6.07 Å². The monoisotopic (exact) mass is 344 g/mol. The first kappa shape index (κ1) is 16.7. The van der Waals surface area contributed by atoms with Crippen molar-refractivity contribution in [3.8, 4) is 0 Å². The minimum atomic E-state index is -0.366. The summed E-state index contributed by atoms with van der Waals surface area (Å²) in [6.07, 6.45) is 1.84. The van der Waals surface area contributed by atoms with E-state index in [1.807, 2.05) is 30.5 Å². The molecule has 1 aliphatic heterocycles. The fourth-order valence-electron chi connectivity index (χ4n) is 2.70. The SMILES string of the molecule is O=[N+]([O-])c1ccc(SCCN2CCN(c3ccccn3)CC2)cc1. The Hall–Kier alpha value is -2.12. The quantitative estimate of drug-likeness (QED) is 0.456. The number of nitro groups is 1. The number of rotatable bonds is 6. The molecule has 1 aromatic heterocycles. The van der Waals surface area contributed by atoms with E-state index in [9.17, 15) is 10.1 Å². The minimum absolute atomic E-state index is 0.144. The van der Waals surface area contributed by atoms with Crippen LogP contribution in [0.2, 0.25) is 0 Å². The molecule has 2 heterocycles. The molecular weight excluding hydrogens is 324 g/mol. The summed E-state index contributed by atoms with van der Waals surface area (Å²) >= 11 is 1.74. The maximum absolute atomic E-state index is 10.6. The first-order chi connectivity index (χ1) is 11.7. The fraction of sp³-hybridized carbons (Fsp3) is 0.353. The topological polar surface area (TPSA) is 62.5 Å². The molecular formula is C17H20N4O2S. The van der Waals surface area contributed by atoms with Gasteiger partial charge in [0, 0.05) is 61.7 Å². The summed E-state index contributed by atoms with van der Waals surface area (Å²) in [7, 11) is 0. The number of thioether (sulfide) groups is 1. The number of hydrogen-bond acceptors (Lipinski definition) is 6. The van der Waals surface area contributed by atoms with E-state index in [1.54, 1.807) is 23.9 Å². The van der Waals surface area contributed by atoms with Gasteiger partial charge >= 0.3 is 0 Å². The first-order valence-corrected chi connectivity index (χ1v) is 8.96. The first-order valence-electron chi connectivity index (χ1n) is 7.98. The summed E-state index contributed by atoms with van der Waals surface area (Å²) in [5, 5.41) is 10.6. The van der Waals surface area contributed by atoms with Crippen molar-refractivity contribution < 1.29 is 4.92 Å². The standard InChI is InChI=1S/C17H20N4O2S/c22-21(23)15-4-6-16(7-5-15)24-14-13-19-9-11-20(12-10-19)17-3-1-2-8-18-17/h1-8H,9-14H2. The average Bonchev–Trinajstić information content (AvgIpc) is 2.63. The van der Waals surface area contributed by atoms with Crippen LogP contribution in [0.5, 0.6) is 0 Å².